The maximum atomic E-state index is 11.4. The highest BCUT2D eigenvalue weighted by atomic mass is 16.1. The fourth-order valence-electron chi connectivity index (χ4n) is 5.02. The van der Waals surface area contributed by atoms with Crippen LogP contribution in [0.15, 0.2) is 11.4 Å². The standard InChI is InChI=1S/C22H35N7O/c1-18-4-2-7-27(18)8-3-9-28-14-15-29(22(28)20(16-23)17-24)13-12-26-10-5-19(6-11-26)21(25)30/h18-19H,2-15H2,1H3,(H2,25,30). The molecule has 3 fully saturated rings. The number of nitriles is 2. The Kier molecular flexibility index (Phi) is 7.95. The van der Waals surface area contributed by atoms with E-state index in [1.165, 1.54) is 19.4 Å². The second-order valence-corrected chi connectivity index (χ2v) is 8.80. The molecule has 8 heteroatoms. The third-order valence-corrected chi connectivity index (χ3v) is 6.93. The number of hydrogen-bond acceptors (Lipinski definition) is 7. The van der Waals surface area contributed by atoms with E-state index in [0.29, 0.717) is 6.04 Å². The molecule has 3 rings (SSSR count). The SMILES string of the molecule is CC1CCCN1CCCN1CCN(CCN2CCC(C(N)=O)CC2)C1=C(C#N)C#N. The number of allylic oxidation sites excluding steroid dienone is 1. The maximum absolute atomic E-state index is 11.4. The molecule has 0 spiro atoms. The van der Waals surface area contributed by atoms with Gasteiger partial charge in [-0.2, -0.15) is 10.5 Å². The van der Waals surface area contributed by atoms with Gasteiger partial charge in [-0.3, -0.25) is 4.79 Å². The van der Waals surface area contributed by atoms with Gasteiger partial charge in [0.2, 0.25) is 5.91 Å². The number of amides is 1. The van der Waals surface area contributed by atoms with Gasteiger partial charge >= 0.3 is 0 Å². The molecule has 164 valence electrons. The molecule has 1 unspecified atom stereocenters. The smallest absolute Gasteiger partial charge is 0.220 e. The lowest BCUT2D eigenvalue weighted by Gasteiger charge is -2.32. The van der Waals surface area contributed by atoms with Crippen molar-refractivity contribution < 1.29 is 4.79 Å². The molecule has 0 aromatic rings. The summed E-state index contributed by atoms with van der Waals surface area (Å²) in [5.41, 5.74) is 5.65. The topological polar surface area (TPSA) is 104 Å². The summed E-state index contributed by atoms with van der Waals surface area (Å²) in [7, 11) is 0. The average molecular weight is 414 g/mol. The van der Waals surface area contributed by atoms with Crippen molar-refractivity contribution in [3.05, 3.63) is 11.4 Å². The van der Waals surface area contributed by atoms with Crippen LogP contribution < -0.4 is 5.73 Å². The summed E-state index contributed by atoms with van der Waals surface area (Å²) in [6.07, 6.45) is 5.26. The fourth-order valence-corrected chi connectivity index (χ4v) is 5.02. The summed E-state index contributed by atoms with van der Waals surface area (Å²) < 4.78 is 0. The molecule has 2 N–H and O–H groups in total. The largest absolute Gasteiger partial charge is 0.369 e. The Bertz CT molecular complexity index is 698. The zero-order valence-electron chi connectivity index (χ0n) is 18.2. The molecule has 0 bridgehead atoms. The molecule has 30 heavy (non-hydrogen) atoms. The van der Waals surface area contributed by atoms with Crippen molar-refractivity contribution in [2.75, 3.05) is 58.9 Å². The second-order valence-electron chi connectivity index (χ2n) is 8.80. The van der Waals surface area contributed by atoms with Crippen molar-refractivity contribution in [2.24, 2.45) is 11.7 Å². The van der Waals surface area contributed by atoms with Gasteiger partial charge in [0.15, 0.2) is 5.57 Å². The lowest BCUT2D eigenvalue weighted by Crippen LogP contribution is -2.42. The molecule has 0 saturated carbocycles. The summed E-state index contributed by atoms with van der Waals surface area (Å²) in [5.74, 6) is 0.619. The second kappa shape index (κ2) is 10.7. The summed E-state index contributed by atoms with van der Waals surface area (Å²) in [6, 6.07) is 4.89. The lowest BCUT2D eigenvalue weighted by molar-refractivity contribution is -0.123. The first-order chi connectivity index (χ1) is 14.5. The van der Waals surface area contributed by atoms with Gasteiger partial charge in [0.05, 0.1) is 0 Å². The predicted octanol–water partition coefficient (Wildman–Crippen LogP) is 0.934. The molecule has 3 heterocycles. The molecule has 0 aromatic heterocycles. The number of likely N-dealkylation sites (tertiary alicyclic amines) is 2. The maximum Gasteiger partial charge on any atom is 0.220 e. The van der Waals surface area contributed by atoms with Crippen molar-refractivity contribution in [2.45, 2.75) is 45.1 Å². The highest BCUT2D eigenvalue weighted by molar-refractivity contribution is 5.76. The van der Waals surface area contributed by atoms with E-state index in [-0.39, 0.29) is 17.4 Å². The van der Waals surface area contributed by atoms with E-state index in [0.717, 1.165) is 77.4 Å². The fraction of sp³-hybridized carbons (Fsp3) is 0.773. The van der Waals surface area contributed by atoms with Crippen LogP contribution in [-0.4, -0.2) is 90.5 Å². The molecule has 3 saturated heterocycles. The van der Waals surface area contributed by atoms with Crippen molar-refractivity contribution in [3.8, 4) is 12.1 Å². The minimum Gasteiger partial charge on any atom is -0.369 e. The van der Waals surface area contributed by atoms with Crippen molar-refractivity contribution in [1.29, 1.82) is 10.5 Å². The zero-order valence-corrected chi connectivity index (χ0v) is 18.2. The third-order valence-electron chi connectivity index (χ3n) is 6.93. The number of carbonyl (C=O) groups excluding carboxylic acids is 1. The number of nitrogens with zero attached hydrogens (tertiary/aromatic N) is 6. The number of primary amides is 1. The normalized spacial score (nSPS) is 23.6. The van der Waals surface area contributed by atoms with Crippen LogP contribution in [0.1, 0.15) is 39.0 Å². The Morgan fingerprint density at radius 3 is 2.20 bits per heavy atom. The van der Waals surface area contributed by atoms with Gasteiger partial charge in [-0.05, 0) is 58.7 Å². The Balaban J connectivity index is 1.53. The van der Waals surface area contributed by atoms with Crippen LogP contribution in [0, 0.1) is 28.6 Å². The predicted molar refractivity (Wildman–Crippen MR) is 115 cm³/mol. The zero-order chi connectivity index (χ0) is 21.5. The van der Waals surface area contributed by atoms with E-state index < -0.39 is 0 Å². The molecule has 0 aromatic carbocycles. The minimum absolute atomic E-state index is 0.00101. The molecule has 8 nitrogen and oxygen atoms in total. The van der Waals surface area contributed by atoms with Crippen molar-refractivity contribution in [3.63, 3.8) is 0 Å². The van der Waals surface area contributed by atoms with Gasteiger partial charge in [0.1, 0.15) is 18.0 Å². The Morgan fingerprint density at radius 1 is 0.967 bits per heavy atom. The van der Waals surface area contributed by atoms with Crippen LogP contribution >= 0.6 is 0 Å². The Morgan fingerprint density at radius 2 is 1.63 bits per heavy atom. The molecule has 1 amide bonds. The quantitative estimate of drug-likeness (QED) is 0.591. The lowest BCUT2D eigenvalue weighted by atomic mass is 9.96. The molecule has 1 atom stereocenters. The average Bonchev–Trinajstić information content (AvgIpc) is 3.34. The summed E-state index contributed by atoms with van der Waals surface area (Å²) >= 11 is 0. The molecule has 3 aliphatic rings. The van der Waals surface area contributed by atoms with E-state index in [1.54, 1.807) is 0 Å². The first kappa shape index (κ1) is 22.4. The van der Waals surface area contributed by atoms with E-state index in [2.05, 4.69) is 38.7 Å². The van der Waals surface area contributed by atoms with Crippen LogP contribution in [0.2, 0.25) is 0 Å². The Hall–Kier alpha value is -2.29. The first-order valence-electron chi connectivity index (χ1n) is 11.3. The molecule has 0 aliphatic carbocycles. The highest BCUT2D eigenvalue weighted by Gasteiger charge is 2.30. The molecule has 0 radical (unpaired) electrons. The van der Waals surface area contributed by atoms with Crippen LogP contribution in [0.4, 0.5) is 0 Å². The summed E-state index contributed by atoms with van der Waals surface area (Å²) in [4.78, 5) is 20.7. The van der Waals surface area contributed by atoms with Gasteiger partial charge in [-0.25, -0.2) is 0 Å². The first-order valence-corrected chi connectivity index (χ1v) is 11.3. The van der Waals surface area contributed by atoms with Gasteiger partial charge < -0.3 is 25.3 Å². The summed E-state index contributed by atoms with van der Waals surface area (Å²) in [6.45, 7) is 10.6. The minimum atomic E-state index is -0.189. The number of rotatable bonds is 8. The highest BCUT2D eigenvalue weighted by Crippen LogP contribution is 2.24. The number of piperidine rings is 1. The van der Waals surface area contributed by atoms with Gasteiger partial charge in [0.25, 0.3) is 0 Å². The van der Waals surface area contributed by atoms with Crippen LogP contribution in [0.5, 0.6) is 0 Å². The van der Waals surface area contributed by atoms with E-state index in [1.807, 2.05) is 0 Å². The van der Waals surface area contributed by atoms with Crippen LogP contribution in [0.3, 0.4) is 0 Å². The number of hydrogen-bond donors (Lipinski definition) is 1. The van der Waals surface area contributed by atoms with E-state index in [9.17, 15) is 15.3 Å². The van der Waals surface area contributed by atoms with E-state index >= 15 is 0 Å². The van der Waals surface area contributed by atoms with Gasteiger partial charge in [-0.15, -0.1) is 0 Å². The Labute approximate surface area is 180 Å². The monoisotopic (exact) mass is 413 g/mol. The van der Waals surface area contributed by atoms with Crippen molar-refractivity contribution >= 4 is 5.91 Å². The van der Waals surface area contributed by atoms with Gasteiger partial charge in [-0.1, -0.05) is 0 Å². The number of carbonyl (C=O) groups is 1. The molecular formula is C22H35N7O. The van der Waals surface area contributed by atoms with Crippen LogP contribution in [0.25, 0.3) is 0 Å². The van der Waals surface area contributed by atoms with E-state index in [4.69, 9.17) is 5.73 Å². The van der Waals surface area contributed by atoms with Crippen LogP contribution in [-0.2, 0) is 4.79 Å². The molecular weight excluding hydrogens is 378 g/mol. The number of nitrogens with two attached hydrogens (primary N) is 1. The van der Waals surface area contributed by atoms with Crippen molar-refractivity contribution in [1.82, 2.24) is 19.6 Å². The van der Waals surface area contributed by atoms with Gasteiger partial charge in [0, 0.05) is 51.2 Å². The molecule has 3 aliphatic heterocycles. The summed E-state index contributed by atoms with van der Waals surface area (Å²) in [5, 5.41) is 19.0. The third kappa shape index (κ3) is 5.44.